The van der Waals surface area contributed by atoms with E-state index in [4.69, 9.17) is 10.8 Å². The van der Waals surface area contributed by atoms with Crippen molar-refractivity contribution >= 4 is 40.6 Å². The summed E-state index contributed by atoms with van der Waals surface area (Å²) in [6.45, 7) is 2.71. The first-order valence-electron chi connectivity index (χ1n) is 12.3. The van der Waals surface area contributed by atoms with Gasteiger partial charge in [0, 0.05) is 29.9 Å². The van der Waals surface area contributed by atoms with E-state index < -0.39 is 66.9 Å². The zero-order valence-electron chi connectivity index (χ0n) is 21.3. The van der Waals surface area contributed by atoms with Gasteiger partial charge in [-0.1, -0.05) is 38.5 Å². The lowest BCUT2D eigenvalue weighted by Gasteiger charge is -2.25. The molecular formula is C25H35N5O8. The number of fused-ring (bicyclic) bond motifs is 1. The van der Waals surface area contributed by atoms with Crippen molar-refractivity contribution in [2.75, 3.05) is 6.61 Å². The molecule has 0 saturated heterocycles. The van der Waals surface area contributed by atoms with Crippen LogP contribution in [0.15, 0.2) is 30.5 Å². The first kappa shape index (κ1) is 30.3. The number of hydrogen-bond acceptors (Lipinski definition) is 7. The van der Waals surface area contributed by atoms with Crippen LogP contribution in [0, 0.1) is 5.92 Å². The molecule has 0 saturated carbocycles. The number of benzene rings is 1. The number of carbonyl (C=O) groups is 5. The Bertz CT molecular complexity index is 1150. The fourth-order valence-corrected chi connectivity index (χ4v) is 3.78. The number of aliphatic hydroxyl groups excluding tert-OH is 1. The zero-order chi connectivity index (χ0) is 28.4. The number of amides is 3. The highest BCUT2D eigenvalue weighted by atomic mass is 16.4. The summed E-state index contributed by atoms with van der Waals surface area (Å²) in [5.41, 5.74) is 7.34. The highest BCUT2D eigenvalue weighted by molar-refractivity contribution is 5.94. The number of nitrogens with one attached hydrogen (secondary N) is 4. The van der Waals surface area contributed by atoms with Crippen LogP contribution in [-0.4, -0.2) is 80.7 Å². The van der Waals surface area contributed by atoms with Crippen LogP contribution in [0.2, 0.25) is 0 Å². The van der Waals surface area contributed by atoms with Crippen LogP contribution < -0.4 is 21.7 Å². The minimum atomic E-state index is -1.56. The molecule has 3 amide bonds. The molecule has 0 spiro atoms. The van der Waals surface area contributed by atoms with Crippen molar-refractivity contribution in [1.29, 1.82) is 0 Å². The third-order valence-corrected chi connectivity index (χ3v) is 6.37. The number of aliphatic hydroxyl groups is 1. The molecular weight excluding hydrogens is 498 g/mol. The van der Waals surface area contributed by atoms with Crippen LogP contribution >= 0.6 is 0 Å². The molecule has 208 valence electrons. The lowest BCUT2D eigenvalue weighted by atomic mass is 9.98. The van der Waals surface area contributed by atoms with Gasteiger partial charge in [0.05, 0.1) is 12.6 Å². The fourth-order valence-electron chi connectivity index (χ4n) is 3.78. The molecule has 9 N–H and O–H groups in total. The van der Waals surface area contributed by atoms with Crippen molar-refractivity contribution in [2.24, 2.45) is 11.7 Å². The molecule has 5 unspecified atom stereocenters. The number of carbonyl (C=O) groups excluding carboxylic acids is 3. The molecule has 1 aromatic carbocycles. The monoisotopic (exact) mass is 533 g/mol. The quantitative estimate of drug-likeness (QED) is 0.147. The second-order valence-corrected chi connectivity index (χ2v) is 9.11. The summed E-state index contributed by atoms with van der Waals surface area (Å²) in [7, 11) is 0. The Kier molecular flexibility index (Phi) is 11.2. The van der Waals surface area contributed by atoms with E-state index in [2.05, 4.69) is 20.9 Å². The maximum Gasteiger partial charge on any atom is 0.326 e. The largest absolute Gasteiger partial charge is 0.481 e. The Morgan fingerprint density at radius 2 is 1.55 bits per heavy atom. The minimum absolute atomic E-state index is 0.0675. The molecule has 0 bridgehead atoms. The minimum Gasteiger partial charge on any atom is -0.481 e. The van der Waals surface area contributed by atoms with Gasteiger partial charge < -0.3 is 42.0 Å². The molecule has 5 atom stereocenters. The number of rotatable bonds is 15. The second kappa shape index (κ2) is 14.1. The molecule has 1 aromatic heterocycles. The average molecular weight is 534 g/mol. The van der Waals surface area contributed by atoms with E-state index >= 15 is 0 Å². The Labute approximate surface area is 219 Å². The van der Waals surface area contributed by atoms with Gasteiger partial charge in [0.1, 0.15) is 18.1 Å². The number of H-pyrrole nitrogens is 1. The molecule has 1 heterocycles. The van der Waals surface area contributed by atoms with E-state index in [1.54, 1.807) is 25.3 Å². The number of para-hydroxylation sites is 1. The number of aromatic nitrogens is 1. The molecule has 0 radical (unpaired) electrons. The molecule has 13 nitrogen and oxygen atoms in total. The predicted molar refractivity (Wildman–Crippen MR) is 137 cm³/mol. The van der Waals surface area contributed by atoms with E-state index in [0.717, 1.165) is 10.9 Å². The third kappa shape index (κ3) is 8.28. The summed E-state index contributed by atoms with van der Waals surface area (Å²) in [6, 6.07) is 2.01. The van der Waals surface area contributed by atoms with E-state index in [0.29, 0.717) is 12.0 Å². The lowest BCUT2D eigenvalue weighted by Crippen LogP contribution is -2.58. The summed E-state index contributed by atoms with van der Waals surface area (Å²) in [5, 5.41) is 36.2. The predicted octanol–water partition coefficient (Wildman–Crippen LogP) is -0.520. The van der Waals surface area contributed by atoms with Gasteiger partial charge in [-0.25, -0.2) is 4.79 Å². The zero-order valence-corrected chi connectivity index (χ0v) is 21.3. The van der Waals surface area contributed by atoms with Crippen molar-refractivity contribution in [1.82, 2.24) is 20.9 Å². The van der Waals surface area contributed by atoms with Crippen molar-refractivity contribution in [2.45, 2.75) is 63.7 Å². The molecule has 0 fully saturated rings. The molecule has 13 heteroatoms. The first-order valence-corrected chi connectivity index (χ1v) is 12.3. The molecule has 2 aromatic rings. The Morgan fingerprint density at radius 3 is 2.16 bits per heavy atom. The molecule has 2 rings (SSSR count). The summed E-state index contributed by atoms with van der Waals surface area (Å²) in [5.74, 6) is -5.29. The maximum absolute atomic E-state index is 12.9. The van der Waals surface area contributed by atoms with Gasteiger partial charge in [-0.15, -0.1) is 0 Å². The topological polar surface area (TPSA) is 224 Å². The van der Waals surface area contributed by atoms with Crippen LogP contribution in [0.1, 0.15) is 38.7 Å². The number of aliphatic carboxylic acids is 2. The Balaban J connectivity index is 2.11. The first-order chi connectivity index (χ1) is 18.0. The normalized spacial score (nSPS) is 15.1. The average Bonchev–Trinajstić information content (AvgIpc) is 3.30. The molecule has 0 aliphatic carbocycles. The van der Waals surface area contributed by atoms with Crippen molar-refractivity contribution in [3.8, 4) is 0 Å². The van der Waals surface area contributed by atoms with Crippen molar-refractivity contribution < 1.29 is 39.3 Å². The van der Waals surface area contributed by atoms with Gasteiger partial charge in [-0.3, -0.25) is 19.2 Å². The maximum atomic E-state index is 12.9. The molecule has 0 aliphatic rings. The van der Waals surface area contributed by atoms with Crippen LogP contribution in [0.25, 0.3) is 10.9 Å². The SMILES string of the molecule is CCC(C)C(N)C(=O)NC(CCC(=O)O)C(=O)NC(CO)C(=O)NC(Cc1c[nH]c2ccccc12)C(=O)O. The summed E-state index contributed by atoms with van der Waals surface area (Å²) < 4.78 is 0. The fraction of sp³-hybridized carbons (Fsp3) is 0.480. The van der Waals surface area contributed by atoms with E-state index in [1.807, 2.05) is 19.1 Å². The van der Waals surface area contributed by atoms with Gasteiger partial charge in [0.25, 0.3) is 0 Å². The lowest BCUT2D eigenvalue weighted by molar-refractivity contribution is -0.142. The highest BCUT2D eigenvalue weighted by Crippen LogP contribution is 2.19. The summed E-state index contributed by atoms with van der Waals surface area (Å²) >= 11 is 0. The number of carboxylic acid groups (broad SMARTS) is 2. The Hall–Kier alpha value is -3.97. The molecule has 38 heavy (non-hydrogen) atoms. The number of nitrogens with two attached hydrogens (primary N) is 1. The standard InChI is InChI=1S/C25H35N5O8/c1-3-13(2)21(26)24(36)28-17(8-9-20(32)33)22(34)30-19(12-31)23(35)29-18(25(37)38)10-14-11-27-16-7-5-4-6-15(14)16/h4-7,11,13,17-19,21,27,31H,3,8-10,12,26H2,1-2H3,(H,28,36)(H,29,35)(H,30,34)(H,32,33)(H,37,38). The second-order valence-electron chi connectivity index (χ2n) is 9.11. The van der Waals surface area contributed by atoms with E-state index in [-0.39, 0.29) is 18.8 Å². The van der Waals surface area contributed by atoms with Crippen molar-refractivity contribution in [3.63, 3.8) is 0 Å². The number of carboxylic acids is 2. The smallest absolute Gasteiger partial charge is 0.326 e. The summed E-state index contributed by atoms with van der Waals surface area (Å²) in [6.07, 6.45) is 1.41. The Morgan fingerprint density at radius 1 is 0.947 bits per heavy atom. The number of aromatic amines is 1. The highest BCUT2D eigenvalue weighted by Gasteiger charge is 2.31. The van der Waals surface area contributed by atoms with Gasteiger partial charge >= 0.3 is 11.9 Å². The summed E-state index contributed by atoms with van der Waals surface area (Å²) in [4.78, 5) is 64.1. The van der Waals surface area contributed by atoms with Crippen LogP contribution in [0.3, 0.4) is 0 Å². The number of hydrogen-bond donors (Lipinski definition) is 8. The van der Waals surface area contributed by atoms with Crippen LogP contribution in [-0.2, 0) is 30.4 Å². The van der Waals surface area contributed by atoms with Crippen LogP contribution in [0.5, 0.6) is 0 Å². The van der Waals surface area contributed by atoms with E-state index in [9.17, 15) is 34.2 Å². The van der Waals surface area contributed by atoms with Gasteiger partial charge in [0.2, 0.25) is 17.7 Å². The van der Waals surface area contributed by atoms with E-state index in [1.165, 1.54) is 0 Å². The van der Waals surface area contributed by atoms with Crippen LogP contribution in [0.4, 0.5) is 0 Å². The van der Waals surface area contributed by atoms with Gasteiger partial charge in [-0.05, 0) is 24.0 Å². The molecule has 0 aliphatic heterocycles. The third-order valence-electron chi connectivity index (χ3n) is 6.37. The van der Waals surface area contributed by atoms with Gasteiger partial charge in [-0.2, -0.15) is 0 Å². The van der Waals surface area contributed by atoms with Gasteiger partial charge in [0.15, 0.2) is 0 Å². The van der Waals surface area contributed by atoms with Crippen molar-refractivity contribution in [3.05, 3.63) is 36.0 Å².